The molecule has 4 rings (SSSR count). The van der Waals surface area contributed by atoms with Gasteiger partial charge in [-0.25, -0.2) is 4.79 Å². The number of primary amides is 1. The van der Waals surface area contributed by atoms with Crippen LogP contribution in [0.25, 0.3) is 0 Å². The Bertz CT molecular complexity index is 1210. The Labute approximate surface area is 222 Å². The molecule has 200 valence electrons. The lowest BCUT2D eigenvalue weighted by Crippen LogP contribution is -2.50. The average Bonchev–Trinajstić information content (AvgIpc) is 3.42. The quantitative estimate of drug-likeness (QED) is 0.515. The van der Waals surface area contributed by atoms with Crippen LogP contribution in [-0.4, -0.2) is 55.9 Å². The number of thiophene rings is 1. The highest BCUT2D eigenvalue weighted by Crippen LogP contribution is 2.58. The van der Waals surface area contributed by atoms with Crippen LogP contribution in [0.5, 0.6) is 11.5 Å². The largest absolute Gasteiger partial charge is 0.493 e. The molecule has 3 heterocycles. The van der Waals surface area contributed by atoms with Crippen molar-refractivity contribution in [3.8, 4) is 11.5 Å². The Hall–Kier alpha value is -3.04. The first kappa shape index (κ1) is 27.0. The number of benzene rings is 1. The molecule has 2 aliphatic heterocycles. The van der Waals surface area contributed by atoms with Crippen LogP contribution in [0.2, 0.25) is 0 Å². The highest BCUT2D eigenvalue weighted by Gasteiger charge is 2.61. The number of hydrogen-bond acceptors (Lipinski definition) is 8. The summed E-state index contributed by atoms with van der Waals surface area (Å²) in [5.74, 6) is 0.143. The minimum Gasteiger partial charge on any atom is -0.493 e. The van der Waals surface area contributed by atoms with Crippen molar-refractivity contribution < 1.29 is 28.5 Å². The fourth-order valence-electron chi connectivity index (χ4n) is 5.45. The van der Waals surface area contributed by atoms with Crippen LogP contribution in [0.1, 0.15) is 56.7 Å². The van der Waals surface area contributed by atoms with E-state index in [-0.39, 0.29) is 12.7 Å². The van der Waals surface area contributed by atoms with E-state index in [9.17, 15) is 9.59 Å². The zero-order valence-corrected chi connectivity index (χ0v) is 23.4. The van der Waals surface area contributed by atoms with E-state index in [0.717, 1.165) is 16.0 Å². The fraction of sp³-hybridized carbons (Fsp3) is 0.500. The third-order valence-corrected chi connectivity index (χ3v) is 7.66. The van der Waals surface area contributed by atoms with E-state index in [1.807, 2.05) is 69.2 Å². The summed E-state index contributed by atoms with van der Waals surface area (Å²) < 4.78 is 23.2. The summed E-state index contributed by atoms with van der Waals surface area (Å²) in [4.78, 5) is 30.2. The van der Waals surface area contributed by atoms with Crippen LogP contribution in [0.15, 0.2) is 40.9 Å². The summed E-state index contributed by atoms with van der Waals surface area (Å²) in [6, 6.07) is 7.09. The number of ether oxygens (including phenoxy) is 4. The first-order chi connectivity index (χ1) is 17.4. The minimum absolute atomic E-state index is 0.0449. The van der Waals surface area contributed by atoms with Gasteiger partial charge in [0.15, 0.2) is 11.5 Å². The van der Waals surface area contributed by atoms with Gasteiger partial charge in [0.05, 0.1) is 25.9 Å². The maximum atomic E-state index is 13.7. The predicted molar refractivity (Wildman–Crippen MR) is 142 cm³/mol. The smallest absolute Gasteiger partial charge is 0.355 e. The minimum atomic E-state index is -1.34. The standard InChI is InChI=1S/C28H36N2O6S/c1-16(2)35-21-14-18-17(13-20(21)34-7)10-11-30-23(25(31)36-27(3,4)5)19(15-33-6)28(24(18)30,26(29)32)22-9-8-12-37-22/h8-9,12-14,16,24H,10-11,15H2,1-7H3,(H2,29,32). The second-order valence-corrected chi connectivity index (χ2v) is 11.6. The van der Waals surface area contributed by atoms with E-state index in [0.29, 0.717) is 35.7 Å². The van der Waals surface area contributed by atoms with Crippen LogP contribution in [0, 0.1) is 0 Å². The molecule has 0 aliphatic carbocycles. The number of carbonyl (C=O) groups is 2. The monoisotopic (exact) mass is 528 g/mol. The zero-order chi connectivity index (χ0) is 27.1. The van der Waals surface area contributed by atoms with E-state index in [4.69, 9.17) is 24.7 Å². The average molecular weight is 529 g/mol. The maximum absolute atomic E-state index is 13.7. The number of nitrogens with zero attached hydrogens (tertiary/aromatic N) is 1. The number of fused-ring (bicyclic) bond motifs is 3. The Morgan fingerprint density at radius 3 is 2.49 bits per heavy atom. The molecule has 0 radical (unpaired) electrons. The van der Waals surface area contributed by atoms with Gasteiger partial charge in [-0.05, 0) is 75.7 Å². The van der Waals surface area contributed by atoms with Crippen LogP contribution in [0.4, 0.5) is 0 Å². The van der Waals surface area contributed by atoms with Gasteiger partial charge in [-0.3, -0.25) is 4.79 Å². The number of amides is 1. The molecule has 0 saturated heterocycles. The van der Waals surface area contributed by atoms with Crippen LogP contribution >= 0.6 is 11.3 Å². The lowest BCUT2D eigenvalue weighted by atomic mass is 9.69. The van der Waals surface area contributed by atoms with Gasteiger partial charge < -0.3 is 29.6 Å². The highest BCUT2D eigenvalue weighted by atomic mass is 32.1. The number of nitrogens with two attached hydrogens (primary N) is 1. The first-order valence-electron chi connectivity index (χ1n) is 12.4. The summed E-state index contributed by atoms with van der Waals surface area (Å²) in [6.45, 7) is 9.89. The highest BCUT2D eigenvalue weighted by molar-refractivity contribution is 7.10. The lowest BCUT2D eigenvalue weighted by Gasteiger charge is -2.42. The van der Waals surface area contributed by atoms with Crippen molar-refractivity contribution in [2.24, 2.45) is 5.73 Å². The third-order valence-electron chi connectivity index (χ3n) is 6.66. The van der Waals surface area contributed by atoms with Crippen LogP contribution in [-0.2, 0) is 30.9 Å². The molecule has 1 amide bonds. The normalized spacial score (nSPS) is 21.1. The molecule has 0 spiro atoms. The topological polar surface area (TPSA) is 100 Å². The second-order valence-electron chi connectivity index (χ2n) is 10.6. The molecule has 2 unspecified atom stereocenters. The molecule has 0 fully saturated rings. The number of methoxy groups -OCH3 is 2. The molecule has 2 aromatic rings. The van der Waals surface area contributed by atoms with E-state index >= 15 is 0 Å². The van der Waals surface area contributed by atoms with Gasteiger partial charge in [0.25, 0.3) is 0 Å². The van der Waals surface area contributed by atoms with Gasteiger partial charge in [0.2, 0.25) is 5.91 Å². The van der Waals surface area contributed by atoms with Gasteiger partial charge in [0, 0.05) is 24.1 Å². The molecule has 2 N–H and O–H groups in total. The van der Waals surface area contributed by atoms with Crippen molar-refractivity contribution in [2.75, 3.05) is 27.4 Å². The SMILES string of the molecule is COCC1=C(C(=O)OC(C)(C)C)N2CCc3cc(OC)c(OC(C)C)cc3C2C1(C(N)=O)c1cccs1. The van der Waals surface area contributed by atoms with Crippen molar-refractivity contribution >= 4 is 23.2 Å². The van der Waals surface area contributed by atoms with Gasteiger partial charge in [-0.1, -0.05) is 6.07 Å². The van der Waals surface area contributed by atoms with Crippen molar-refractivity contribution in [3.05, 3.63) is 56.9 Å². The molecule has 2 atom stereocenters. The maximum Gasteiger partial charge on any atom is 0.355 e. The van der Waals surface area contributed by atoms with E-state index < -0.39 is 28.9 Å². The van der Waals surface area contributed by atoms with Gasteiger partial charge >= 0.3 is 5.97 Å². The Morgan fingerprint density at radius 1 is 1.22 bits per heavy atom. The Balaban J connectivity index is 2.04. The Kier molecular flexibility index (Phi) is 7.32. The van der Waals surface area contributed by atoms with Crippen molar-refractivity contribution in [1.29, 1.82) is 0 Å². The summed E-state index contributed by atoms with van der Waals surface area (Å²) >= 11 is 1.43. The number of carbonyl (C=O) groups excluding carboxylic acids is 2. The molecule has 0 bridgehead atoms. The second kappa shape index (κ2) is 10.0. The van der Waals surface area contributed by atoms with Crippen molar-refractivity contribution in [2.45, 2.75) is 64.2 Å². The summed E-state index contributed by atoms with van der Waals surface area (Å²) in [7, 11) is 3.16. The number of esters is 1. The van der Waals surface area contributed by atoms with E-state index in [1.54, 1.807) is 14.2 Å². The summed E-state index contributed by atoms with van der Waals surface area (Å²) in [5, 5.41) is 1.91. The number of rotatable bonds is 8. The third kappa shape index (κ3) is 4.59. The molecular formula is C28H36N2O6S. The molecule has 8 nitrogen and oxygen atoms in total. The van der Waals surface area contributed by atoms with Crippen LogP contribution < -0.4 is 15.2 Å². The molecule has 2 aliphatic rings. The van der Waals surface area contributed by atoms with E-state index in [1.165, 1.54) is 11.3 Å². The first-order valence-corrected chi connectivity index (χ1v) is 13.3. The van der Waals surface area contributed by atoms with Gasteiger partial charge in [-0.2, -0.15) is 0 Å². The molecule has 9 heteroatoms. The summed E-state index contributed by atoms with van der Waals surface area (Å²) in [5.41, 5.74) is 6.98. The van der Waals surface area contributed by atoms with Crippen LogP contribution in [0.3, 0.4) is 0 Å². The lowest BCUT2D eigenvalue weighted by molar-refractivity contribution is -0.152. The molecule has 0 saturated carbocycles. The van der Waals surface area contributed by atoms with Crippen molar-refractivity contribution in [3.63, 3.8) is 0 Å². The molecular weight excluding hydrogens is 492 g/mol. The van der Waals surface area contributed by atoms with E-state index in [2.05, 4.69) is 0 Å². The molecule has 1 aromatic heterocycles. The molecule has 1 aromatic carbocycles. The van der Waals surface area contributed by atoms with Gasteiger partial charge in [-0.15, -0.1) is 11.3 Å². The zero-order valence-electron chi connectivity index (χ0n) is 22.5. The summed E-state index contributed by atoms with van der Waals surface area (Å²) in [6.07, 6.45) is 0.545. The fourth-order valence-corrected chi connectivity index (χ4v) is 6.43. The number of hydrogen-bond donors (Lipinski definition) is 1. The molecule has 37 heavy (non-hydrogen) atoms. The predicted octanol–water partition coefficient (Wildman–Crippen LogP) is 4.12. The van der Waals surface area contributed by atoms with Gasteiger partial charge in [0.1, 0.15) is 16.7 Å². The Morgan fingerprint density at radius 2 is 1.95 bits per heavy atom. The van der Waals surface area contributed by atoms with Crippen molar-refractivity contribution in [1.82, 2.24) is 4.90 Å².